The zero-order chi connectivity index (χ0) is 26.6. The standard InChI is InChI=1S/C29H28ClN5O3/c1-38-29(37)33-21-8-10-23(24(30)15-21)25-17-32-27(34-25)26(14-18-5-3-2-4-6-18)35-12-11-20-13-19(16-31)7-9-22(20)28(35)36/h2-10,13,15,17,26H,11-12,14,16,31H2,1H3,(H,32,34)(H,33,37)/p+1/t26-/m0/s1. The molecule has 2 heterocycles. The van der Waals surface area contributed by atoms with Crippen LogP contribution in [0.15, 0.2) is 72.9 Å². The number of imidazole rings is 1. The molecule has 0 fully saturated rings. The van der Waals surface area contributed by atoms with Gasteiger partial charge in [-0.15, -0.1) is 0 Å². The zero-order valence-electron chi connectivity index (χ0n) is 21.0. The third-order valence-electron chi connectivity index (χ3n) is 6.82. The summed E-state index contributed by atoms with van der Waals surface area (Å²) in [5.74, 6) is 0.680. The van der Waals surface area contributed by atoms with Crippen molar-refractivity contribution in [3.8, 4) is 11.3 Å². The molecule has 2 amide bonds. The number of aromatic nitrogens is 2. The minimum atomic E-state index is -0.572. The van der Waals surface area contributed by atoms with Crippen LogP contribution < -0.4 is 11.1 Å². The van der Waals surface area contributed by atoms with Gasteiger partial charge in [-0.05, 0) is 47.9 Å². The summed E-state index contributed by atoms with van der Waals surface area (Å²) in [5, 5.41) is 3.05. The maximum absolute atomic E-state index is 13.7. The molecule has 0 saturated carbocycles. The molecule has 9 heteroatoms. The van der Waals surface area contributed by atoms with E-state index in [1.54, 1.807) is 24.4 Å². The van der Waals surface area contributed by atoms with Crippen molar-refractivity contribution in [2.75, 3.05) is 19.0 Å². The molecule has 0 unspecified atom stereocenters. The number of amides is 2. The number of H-pyrrole nitrogens is 1. The Hall–Kier alpha value is -4.14. The van der Waals surface area contributed by atoms with Gasteiger partial charge in [0, 0.05) is 35.3 Å². The average Bonchev–Trinajstić information content (AvgIpc) is 3.42. The van der Waals surface area contributed by atoms with Crippen LogP contribution in [-0.4, -0.2) is 40.5 Å². The second kappa shape index (κ2) is 11.1. The Labute approximate surface area is 225 Å². The third-order valence-corrected chi connectivity index (χ3v) is 7.13. The Morgan fingerprint density at radius 1 is 1.13 bits per heavy atom. The van der Waals surface area contributed by atoms with Gasteiger partial charge in [-0.3, -0.25) is 10.1 Å². The van der Waals surface area contributed by atoms with E-state index in [-0.39, 0.29) is 11.9 Å². The number of nitrogens with one attached hydrogen (secondary N) is 2. The topological polar surface area (TPSA) is 115 Å². The number of aromatic amines is 1. The predicted octanol–water partition coefficient (Wildman–Crippen LogP) is 4.63. The molecule has 5 rings (SSSR count). The first-order chi connectivity index (χ1) is 18.5. The fourth-order valence-corrected chi connectivity index (χ4v) is 5.11. The van der Waals surface area contributed by atoms with E-state index in [0.717, 1.165) is 39.9 Å². The van der Waals surface area contributed by atoms with Gasteiger partial charge in [0.05, 0.1) is 36.6 Å². The molecule has 1 aliphatic heterocycles. The molecule has 0 aliphatic carbocycles. The second-order valence-electron chi connectivity index (χ2n) is 9.19. The van der Waals surface area contributed by atoms with Gasteiger partial charge in [0.1, 0.15) is 5.82 Å². The molecule has 194 valence electrons. The van der Waals surface area contributed by atoms with E-state index in [2.05, 4.69) is 39.0 Å². The number of rotatable bonds is 7. The SMILES string of the molecule is COC(=O)Nc1ccc(-c2cnc([C@H](Cc3ccccc3)N3CCc4cc(C[NH3+])ccc4C3=O)[nH]2)c(Cl)c1. The van der Waals surface area contributed by atoms with Crippen LogP contribution in [0, 0.1) is 0 Å². The van der Waals surface area contributed by atoms with Gasteiger partial charge in [-0.2, -0.15) is 0 Å². The Balaban J connectivity index is 1.47. The summed E-state index contributed by atoms with van der Waals surface area (Å²) in [6.45, 7) is 1.29. The molecule has 8 nitrogen and oxygen atoms in total. The average molecular weight is 531 g/mol. The molecule has 0 radical (unpaired) electrons. The summed E-state index contributed by atoms with van der Waals surface area (Å²) in [5.41, 5.74) is 9.98. The summed E-state index contributed by atoms with van der Waals surface area (Å²) < 4.78 is 4.64. The number of quaternary nitrogens is 1. The Kier molecular flexibility index (Phi) is 7.44. The van der Waals surface area contributed by atoms with Gasteiger partial charge in [0.25, 0.3) is 5.91 Å². The number of fused-ring (bicyclic) bond motifs is 1. The minimum absolute atomic E-state index is 0.00277. The first-order valence-corrected chi connectivity index (χ1v) is 12.8. The number of carbonyl (C=O) groups excluding carboxylic acids is 2. The molecule has 0 bridgehead atoms. The Bertz CT molecular complexity index is 1470. The summed E-state index contributed by atoms with van der Waals surface area (Å²) in [6.07, 6.45) is 2.54. The molecular weight excluding hydrogens is 502 g/mol. The number of ether oxygens (including phenoxy) is 1. The van der Waals surface area contributed by atoms with E-state index in [1.165, 1.54) is 7.11 Å². The van der Waals surface area contributed by atoms with Crippen LogP contribution in [0.2, 0.25) is 5.02 Å². The quantitative estimate of drug-likeness (QED) is 0.323. The van der Waals surface area contributed by atoms with Crippen molar-refractivity contribution in [2.24, 2.45) is 0 Å². The number of methoxy groups -OCH3 is 1. The lowest BCUT2D eigenvalue weighted by molar-refractivity contribution is -0.386. The Morgan fingerprint density at radius 2 is 1.92 bits per heavy atom. The lowest BCUT2D eigenvalue weighted by atomic mass is 9.94. The van der Waals surface area contributed by atoms with Crippen molar-refractivity contribution in [2.45, 2.75) is 25.4 Å². The first-order valence-electron chi connectivity index (χ1n) is 12.4. The summed E-state index contributed by atoms with van der Waals surface area (Å²) >= 11 is 6.55. The molecule has 3 aromatic carbocycles. The van der Waals surface area contributed by atoms with Gasteiger partial charge in [-0.1, -0.05) is 48.0 Å². The first kappa shape index (κ1) is 25.5. The van der Waals surface area contributed by atoms with Gasteiger partial charge in [0.2, 0.25) is 0 Å². The molecule has 4 aromatic rings. The van der Waals surface area contributed by atoms with E-state index in [1.807, 2.05) is 35.2 Å². The minimum Gasteiger partial charge on any atom is -0.453 e. The van der Waals surface area contributed by atoms with E-state index in [9.17, 15) is 9.59 Å². The number of nitrogens with zero attached hydrogens (tertiary/aromatic N) is 2. The van der Waals surface area contributed by atoms with E-state index >= 15 is 0 Å². The van der Waals surface area contributed by atoms with E-state index in [0.29, 0.717) is 36.0 Å². The van der Waals surface area contributed by atoms with Crippen molar-refractivity contribution in [1.29, 1.82) is 0 Å². The summed E-state index contributed by atoms with van der Waals surface area (Å²) in [4.78, 5) is 35.3. The van der Waals surface area contributed by atoms with Crippen LogP contribution in [0.4, 0.5) is 10.5 Å². The van der Waals surface area contributed by atoms with Crippen LogP contribution in [0.25, 0.3) is 11.3 Å². The van der Waals surface area contributed by atoms with Gasteiger partial charge < -0.3 is 20.4 Å². The number of anilines is 1. The van der Waals surface area contributed by atoms with E-state index < -0.39 is 6.09 Å². The molecule has 38 heavy (non-hydrogen) atoms. The summed E-state index contributed by atoms with van der Waals surface area (Å²) in [7, 11) is 1.30. The second-order valence-corrected chi connectivity index (χ2v) is 9.60. The number of carbonyl (C=O) groups is 2. The predicted molar refractivity (Wildman–Crippen MR) is 146 cm³/mol. The largest absolute Gasteiger partial charge is 0.453 e. The lowest BCUT2D eigenvalue weighted by Gasteiger charge is -2.35. The maximum Gasteiger partial charge on any atom is 0.411 e. The van der Waals surface area contributed by atoms with Crippen molar-refractivity contribution >= 4 is 29.3 Å². The number of halogens is 1. The fraction of sp³-hybridized carbons (Fsp3) is 0.207. The highest BCUT2D eigenvalue weighted by atomic mass is 35.5. The van der Waals surface area contributed by atoms with Crippen LogP contribution in [0.3, 0.4) is 0 Å². The molecule has 0 spiro atoms. The Morgan fingerprint density at radius 3 is 2.66 bits per heavy atom. The molecule has 1 aliphatic rings. The van der Waals surface area contributed by atoms with Crippen LogP contribution in [0.1, 0.15) is 38.9 Å². The van der Waals surface area contributed by atoms with Crippen LogP contribution in [-0.2, 0) is 24.1 Å². The highest BCUT2D eigenvalue weighted by Crippen LogP contribution is 2.33. The summed E-state index contributed by atoms with van der Waals surface area (Å²) in [6, 6.07) is 21.0. The van der Waals surface area contributed by atoms with Gasteiger partial charge >= 0.3 is 6.09 Å². The zero-order valence-corrected chi connectivity index (χ0v) is 21.8. The molecule has 1 aromatic heterocycles. The van der Waals surface area contributed by atoms with Crippen molar-refractivity contribution in [3.05, 3.63) is 106 Å². The number of benzene rings is 3. The maximum atomic E-state index is 13.7. The van der Waals surface area contributed by atoms with Crippen molar-refractivity contribution in [1.82, 2.24) is 14.9 Å². The molecule has 5 N–H and O–H groups in total. The van der Waals surface area contributed by atoms with Crippen LogP contribution in [0.5, 0.6) is 0 Å². The highest BCUT2D eigenvalue weighted by Gasteiger charge is 2.33. The normalized spacial score (nSPS) is 13.7. The monoisotopic (exact) mass is 530 g/mol. The highest BCUT2D eigenvalue weighted by molar-refractivity contribution is 6.33. The molecular formula is C29H29ClN5O3+. The van der Waals surface area contributed by atoms with Gasteiger partial charge in [-0.25, -0.2) is 9.78 Å². The van der Waals surface area contributed by atoms with Crippen LogP contribution >= 0.6 is 11.6 Å². The van der Waals surface area contributed by atoms with E-state index in [4.69, 9.17) is 16.6 Å². The number of hydrogen-bond acceptors (Lipinski definition) is 4. The molecule has 1 atom stereocenters. The van der Waals surface area contributed by atoms with Crippen molar-refractivity contribution in [3.63, 3.8) is 0 Å². The molecule has 0 saturated heterocycles. The van der Waals surface area contributed by atoms with Gasteiger partial charge in [0.15, 0.2) is 0 Å². The number of hydrogen-bond donors (Lipinski definition) is 3. The van der Waals surface area contributed by atoms with Crippen molar-refractivity contribution < 1.29 is 20.1 Å². The smallest absolute Gasteiger partial charge is 0.411 e. The lowest BCUT2D eigenvalue weighted by Crippen LogP contribution is -2.47. The third kappa shape index (κ3) is 5.27. The fourth-order valence-electron chi connectivity index (χ4n) is 4.83.